The van der Waals surface area contributed by atoms with Crippen LogP contribution < -0.4 is 5.32 Å². The molecule has 0 spiro atoms. The third-order valence-corrected chi connectivity index (χ3v) is 3.80. The van der Waals surface area contributed by atoms with Gasteiger partial charge in [0.1, 0.15) is 0 Å². The zero-order valence-electron chi connectivity index (χ0n) is 11.5. The summed E-state index contributed by atoms with van der Waals surface area (Å²) in [6.07, 6.45) is 3.69. The van der Waals surface area contributed by atoms with Crippen LogP contribution in [0.4, 0.5) is 0 Å². The first-order chi connectivity index (χ1) is 8.29. The smallest absolute Gasteiger partial charge is 0.0233 e. The first-order valence-corrected chi connectivity index (χ1v) is 6.78. The van der Waals surface area contributed by atoms with E-state index >= 15 is 0 Å². The van der Waals surface area contributed by atoms with Crippen LogP contribution in [0.2, 0.25) is 0 Å². The highest BCUT2D eigenvalue weighted by atomic mass is 35.5. The molecule has 3 heteroatoms. The Morgan fingerprint density at radius 2 is 1.67 bits per heavy atom. The molecule has 1 aromatic carbocycles. The van der Waals surface area contributed by atoms with Gasteiger partial charge >= 0.3 is 0 Å². The van der Waals surface area contributed by atoms with Crippen molar-refractivity contribution in [2.75, 3.05) is 20.1 Å². The lowest BCUT2D eigenvalue weighted by Gasteiger charge is -2.31. The lowest BCUT2D eigenvalue weighted by molar-refractivity contribution is 0.192. The van der Waals surface area contributed by atoms with Crippen molar-refractivity contribution in [3.63, 3.8) is 0 Å². The van der Waals surface area contributed by atoms with E-state index in [1.54, 1.807) is 0 Å². The molecule has 1 aliphatic rings. The van der Waals surface area contributed by atoms with Crippen LogP contribution in [0.25, 0.3) is 0 Å². The fourth-order valence-electron chi connectivity index (χ4n) is 2.54. The zero-order valence-corrected chi connectivity index (χ0v) is 12.3. The van der Waals surface area contributed by atoms with Gasteiger partial charge < -0.3 is 5.32 Å². The lowest BCUT2D eigenvalue weighted by Crippen LogP contribution is -2.40. The molecule has 0 unspecified atom stereocenters. The number of hydrogen-bond donors (Lipinski definition) is 1. The highest BCUT2D eigenvalue weighted by Crippen LogP contribution is 2.14. The van der Waals surface area contributed by atoms with Gasteiger partial charge in [0.15, 0.2) is 0 Å². The first kappa shape index (κ1) is 15.5. The minimum Gasteiger partial charge on any atom is -0.317 e. The summed E-state index contributed by atoms with van der Waals surface area (Å²) >= 11 is 0. The molecule has 1 N–H and O–H groups in total. The summed E-state index contributed by atoms with van der Waals surface area (Å²) < 4.78 is 0. The van der Waals surface area contributed by atoms with Crippen LogP contribution in [0.15, 0.2) is 24.3 Å². The van der Waals surface area contributed by atoms with Crippen LogP contribution in [0.1, 0.15) is 30.9 Å². The molecule has 2 rings (SSSR count). The summed E-state index contributed by atoms with van der Waals surface area (Å²) in [6.45, 7) is 5.62. The Morgan fingerprint density at radius 3 is 2.22 bits per heavy atom. The van der Waals surface area contributed by atoms with Gasteiger partial charge in [0.2, 0.25) is 0 Å². The van der Waals surface area contributed by atoms with E-state index in [-0.39, 0.29) is 12.4 Å². The second-order valence-corrected chi connectivity index (χ2v) is 5.07. The molecule has 0 radical (unpaired) electrons. The summed E-state index contributed by atoms with van der Waals surface area (Å²) in [6, 6.07) is 9.81. The van der Waals surface area contributed by atoms with Crippen LogP contribution in [0.3, 0.4) is 0 Å². The molecule has 1 heterocycles. The standard InChI is InChI=1S/C15H24N2.ClH/c1-3-13-4-6-14(7-5-13)12-17(2)15-8-10-16-11-9-15;/h4-7,15-16H,3,8-12H2,1-2H3;1H. The second kappa shape index (κ2) is 7.78. The number of hydrogen-bond acceptors (Lipinski definition) is 2. The summed E-state index contributed by atoms with van der Waals surface area (Å²) in [4.78, 5) is 2.50. The molecule has 1 saturated heterocycles. The van der Waals surface area contributed by atoms with E-state index in [9.17, 15) is 0 Å². The number of benzene rings is 1. The van der Waals surface area contributed by atoms with Crippen molar-refractivity contribution in [3.8, 4) is 0 Å². The average molecular weight is 269 g/mol. The van der Waals surface area contributed by atoms with E-state index in [1.807, 2.05) is 0 Å². The maximum Gasteiger partial charge on any atom is 0.0233 e. The van der Waals surface area contributed by atoms with Gasteiger partial charge in [0.25, 0.3) is 0 Å². The van der Waals surface area contributed by atoms with Crippen LogP contribution in [-0.4, -0.2) is 31.1 Å². The van der Waals surface area contributed by atoms with Crippen LogP contribution >= 0.6 is 12.4 Å². The van der Waals surface area contributed by atoms with Gasteiger partial charge in [-0.1, -0.05) is 31.2 Å². The quantitative estimate of drug-likeness (QED) is 0.903. The normalized spacial score (nSPS) is 16.6. The molecule has 1 aromatic rings. The first-order valence-electron chi connectivity index (χ1n) is 6.78. The maximum atomic E-state index is 3.42. The highest BCUT2D eigenvalue weighted by Gasteiger charge is 2.17. The minimum absolute atomic E-state index is 0. The average Bonchev–Trinajstić information content (AvgIpc) is 2.40. The fourth-order valence-corrected chi connectivity index (χ4v) is 2.54. The SMILES string of the molecule is CCc1ccc(CN(C)C2CCNCC2)cc1.Cl. The van der Waals surface area contributed by atoms with Crippen molar-refractivity contribution in [2.24, 2.45) is 0 Å². The molecular weight excluding hydrogens is 244 g/mol. The van der Waals surface area contributed by atoms with E-state index in [4.69, 9.17) is 0 Å². The number of piperidine rings is 1. The van der Waals surface area contributed by atoms with E-state index in [0.717, 1.165) is 19.0 Å². The number of nitrogens with one attached hydrogen (secondary N) is 1. The molecule has 1 aliphatic heterocycles. The minimum atomic E-state index is 0. The van der Waals surface area contributed by atoms with Crippen molar-refractivity contribution in [1.82, 2.24) is 10.2 Å². The molecule has 0 bridgehead atoms. The molecule has 0 amide bonds. The predicted molar refractivity (Wildman–Crippen MR) is 80.4 cm³/mol. The van der Waals surface area contributed by atoms with E-state index in [0.29, 0.717) is 0 Å². The number of nitrogens with zero attached hydrogens (tertiary/aromatic N) is 1. The molecule has 2 nitrogen and oxygen atoms in total. The topological polar surface area (TPSA) is 15.3 Å². The van der Waals surface area contributed by atoms with E-state index < -0.39 is 0 Å². The van der Waals surface area contributed by atoms with Gasteiger partial charge in [-0.05, 0) is 50.5 Å². The summed E-state index contributed by atoms with van der Waals surface area (Å²) in [7, 11) is 2.25. The third kappa shape index (κ3) is 4.27. The van der Waals surface area contributed by atoms with Crippen molar-refractivity contribution in [2.45, 2.75) is 38.8 Å². The Labute approximate surface area is 117 Å². The molecule has 102 valence electrons. The fraction of sp³-hybridized carbons (Fsp3) is 0.600. The van der Waals surface area contributed by atoms with Gasteiger partial charge in [-0.3, -0.25) is 4.90 Å². The number of aryl methyl sites for hydroxylation is 1. The molecule has 1 fully saturated rings. The Bertz CT molecular complexity index is 331. The number of rotatable bonds is 4. The summed E-state index contributed by atoms with van der Waals surface area (Å²) in [5.74, 6) is 0. The molecule has 18 heavy (non-hydrogen) atoms. The Morgan fingerprint density at radius 1 is 1.11 bits per heavy atom. The van der Waals surface area contributed by atoms with Gasteiger partial charge in [-0.15, -0.1) is 12.4 Å². The van der Waals surface area contributed by atoms with Gasteiger partial charge in [0.05, 0.1) is 0 Å². The molecule has 0 saturated carbocycles. The van der Waals surface area contributed by atoms with Crippen LogP contribution in [-0.2, 0) is 13.0 Å². The lowest BCUT2D eigenvalue weighted by atomic mass is 10.0. The van der Waals surface area contributed by atoms with Gasteiger partial charge in [-0.25, -0.2) is 0 Å². The molecule has 0 aliphatic carbocycles. The third-order valence-electron chi connectivity index (χ3n) is 3.80. The zero-order chi connectivity index (χ0) is 12.1. The van der Waals surface area contributed by atoms with Gasteiger partial charge in [0, 0.05) is 12.6 Å². The Hall–Kier alpha value is -0.570. The number of halogens is 1. The molecule has 0 atom stereocenters. The second-order valence-electron chi connectivity index (χ2n) is 5.07. The van der Waals surface area contributed by atoms with Crippen molar-refractivity contribution in [3.05, 3.63) is 35.4 Å². The van der Waals surface area contributed by atoms with Crippen molar-refractivity contribution >= 4 is 12.4 Å². The molecule has 0 aromatic heterocycles. The van der Waals surface area contributed by atoms with Crippen LogP contribution in [0, 0.1) is 0 Å². The Balaban J connectivity index is 0.00000162. The van der Waals surface area contributed by atoms with E-state index in [1.165, 1.54) is 37.1 Å². The summed E-state index contributed by atoms with van der Waals surface area (Å²) in [5, 5.41) is 3.42. The Kier molecular flexibility index (Phi) is 6.69. The monoisotopic (exact) mass is 268 g/mol. The van der Waals surface area contributed by atoms with Crippen LogP contribution in [0.5, 0.6) is 0 Å². The maximum absolute atomic E-state index is 3.42. The largest absolute Gasteiger partial charge is 0.317 e. The molecular formula is C15H25ClN2. The summed E-state index contributed by atoms with van der Waals surface area (Å²) in [5.41, 5.74) is 2.86. The van der Waals surface area contributed by atoms with Gasteiger partial charge in [-0.2, -0.15) is 0 Å². The highest BCUT2D eigenvalue weighted by molar-refractivity contribution is 5.85. The van der Waals surface area contributed by atoms with Crippen molar-refractivity contribution < 1.29 is 0 Å². The van der Waals surface area contributed by atoms with Crippen molar-refractivity contribution in [1.29, 1.82) is 0 Å². The predicted octanol–water partition coefficient (Wildman–Crippen LogP) is 2.85. The van der Waals surface area contributed by atoms with E-state index in [2.05, 4.69) is 48.5 Å².